The average Bonchev–Trinajstić information content (AvgIpc) is 3.26. The maximum absolute atomic E-state index is 14.3. The smallest absolute Gasteiger partial charge is 0.343 e. The maximum Gasteiger partial charge on any atom is 0.405 e. The molecule has 0 saturated heterocycles. The highest BCUT2D eigenvalue weighted by atomic mass is 35.5. The van der Waals surface area contributed by atoms with E-state index in [-0.39, 0.29) is 16.3 Å². The number of benzene rings is 2. The molecule has 0 bridgehead atoms. The molecule has 1 fully saturated rings. The number of anilines is 1. The summed E-state index contributed by atoms with van der Waals surface area (Å²) in [6, 6.07) is 5.87. The fourth-order valence-corrected chi connectivity index (χ4v) is 4.29. The molecule has 172 valence electrons. The minimum Gasteiger partial charge on any atom is -0.343 e. The van der Waals surface area contributed by atoms with Crippen LogP contribution in [0.25, 0.3) is 0 Å². The van der Waals surface area contributed by atoms with Crippen molar-refractivity contribution in [3.05, 3.63) is 63.7 Å². The number of amides is 2. The Morgan fingerprint density at radius 2 is 1.78 bits per heavy atom. The van der Waals surface area contributed by atoms with Crippen LogP contribution in [0.3, 0.4) is 0 Å². The minimum absolute atomic E-state index is 0.0435. The number of rotatable bonds is 5. The summed E-state index contributed by atoms with van der Waals surface area (Å²) in [7, 11) is 0. The monoisotopic (exact) mass is 514 g/mol. The highest BCUT2D eigenvalue weighted by molar-refractivity contribution is 6.53. The van der Waals surface area contributed by atoms with Gasteiger partial charge in [0.15, 0.2) is 0 Å². The van der Waals surface area contributed by atoms with Crippen LogP contribution >= 0.6 is 34.8 Å². The lowest BCUT2D eigenvalue weighted by molar-refractivity contribution is -0.123. The van der Waals surface area contributed by atoms with Crippen molar-refractivity contribution < 1.29 is 31.5 Å². The third-order valence-corrected chi connectivity index (χ3v) is 6.08. The van der Waals surface area contributed by atoms with Gasteiger partial charge in [-0.25, -0.2) is 8.78 Å². The van der Waals surface area contributed by atoms with Gasteiger partial charge >= 0.3 is 6.18 Å². The van der Waals surface area contributed by atoms with E-state index in [0.29, 0.717) is 5.56 Å². The molecule has 1 aliphatic rings. The van der Waals surface area contributed by atoms with E-state index in [1.165, 1.54) is 25.1 Å². The minimum atomic E-state index is -4.68. The van der Waals surface area contributed by atoms with Gasteiger partial charge in [0.2, 0.25) is 5.91 Å². The van der Waals surface area contributed by atoms with Crippen molar-refractivity contribution in [2.45, 2.75) is 23.4 Å². The van der Waals surface area contributed by atoms with Gasteiger partial charge in [0.1, 0.15) is 22.5 Å². The van der Waals surface area contributed by atoms with Gasteiger partial charge in [-0.05, 0) is 42.3 Å². The molecule has 2 aromatic carbocycles. The first-order valence-corrected chi connectivity index (χ1v) is 10.1. The molecular formula is C20H14Cl3F5N2O2. The van der Waals surface area contributed by atoms with Gasteiger partial charge < -0.3 is 10.6 Å². The van der Waals surface area contributed by atoms with Crippen LogP contribution in [0.15, 0.2) is 30.3 Å². The van der Waals surface area contributed by atoms with E-state index in [4.69, 9.17) is 34.8 Å². The van der Waals surface area contributed by atoms with Crippen molar-refractivity contribution in [1.29, 1.82) is 0 Å². The number of hydrogen-bond donors (Lipinski definition) is 2. The normalized spacial score (nSPS) is 19.4. The molecule has 0 spiro atoms. The number of nitrogens with one attached hydrogen (secondary N) is 2. The van der Waals surface area contributed by atoms with Crippen molar-refractivity contribution in [1.82, 2.24) is 5.32 Å². The van der Waals surface area contributed by atoms with E-state index in [0.717, 1.165) is 12.1 Å². The number of halogens is 8. The van der Waals surface area contributed by atoms with E-state index < -0.39 is 57.9 Å². The van der Waals surface area contributed by atoms with Crippen molar-refractivity contribution in [2.75, 3.05) is 11.9 Å². The third-order valence-electron chi connectivity index (χ3n) is 4.85. The fourth-order valence-electron chi connectivity index (χ4n) is 3.28. The molecular weight excluding hydrogens is 502 g/mol. The highest BCUT2D eigenvalue weighted by Gasteiger charge is 2.67. The SMILES string of the molecule is Cc1cc(NC(=O)[C@H]2[C@H](c3ccc(F)c(Cl)c3)C2(Cl)Cl)cc(C(=O)NCC(F)(F)F)c1F. The molecule has 0 radical (unpaired) electrons. The van der Waals surface area contributed by atoms with Gasteiger partial charge in [-0.15, -0.1) is 23.2 Å². The van der Waals surface area contributed by atoms with Crippen molar-refractivity contribution in [3.63, 3.8) is 0 Å². The molecule has 2 amide bonds. The number of carbonyl (C=O) groups is 2. The number of hydrogen-bond acceptors (Lipinski definition) is 2. The van der Waals surface area contributed by atoms with Crippen LogP contribution in [0.2, 0.25) is 5.02 Å². The van der Waals surface area contributed by atoms with Crippen LogP contribution in [-0.2, 0) is 4.79 Å². The van der Waals surface area contributed by atoms with Crippen molar-refractivity contribution in [2.24, 2.45) is 5.92 Å². The summed E-state index contributed by atoms with van der Waals surface area (Å²) in [4.78, 5) is 24.7. The van der Waals surface area contributed by atoms with Crippen LogP contribution in [-0.4, -0.2) is 28.9 Å². The summed E-state index contributed by atoms with van der Waals surface area (Å²) >= 11 is 18.2. The first-order valence-electron chi connectivity index (χ1n) is 9.01. The lowest BCUT2D eigenvalue weighted by Gasteiger charge is -2.12. The van der Waals surface area contributed by atoms with E-state index in [9.17, 15) is 31.5 Å². The quantitative estimate of drug-likeness (QED) is 0.394. The fraction of sp³-hybridized carbons (Fsp3) is 0.300. The predicted octanol–water partition coefficient (Wildman–Crippen LogP) is 5.74. The molecule has 0 heterocycles. The highest BCUT2D eigenvalue weighted by Crippen LogP contribution is 2.65. The van der Waals surface area contributed by atoms with Gasteiger partial charge in [0, 0.05) is 11.6 Å². The maximum atomic E-state index is 14.3. The molecule has 2 aromatic rings. The predicted molar refractivity (Wildman–Crippen MR) is 110 cm³/mol. The van der Waals surface area contributed by atoms with E-state index >= 15 is 0 Å². The van der Waals surface area contributed by atoms with E-state index in [1.54, 1.807) is 5.32 Å². The van der Waals surface area contributed by atoms with Crippen molar-refractivity contribution in [3.8, 4) is 0 Å². The van der Waals surface area contributed by atoms with Crippen LogP contribution < -0.4 is 10.6 Å². The Labute approximate surface area is 194 Å². The Balaban J connectivity index is 1.79. The Kier molecular flexibility index (Phi) is 6.66. The second-order valence-electron chi connectivity index (χ2n) is 7.25. The standard InChI is InChI=1S/C20H14Cl3F5N2O2/c1-8-4-10(6-11(16(8)25)17(31)29-7-19(26,27)28)30-18(32)15-14(20(15,22)23)9-2-3-13(24)12(21)5-9/h2-6,14-15H,7H2,1H3,(H,29,31)(H,30,32)/t14-,15+/m0/s1. The molecule has 2 N–H and O–H groups in total. The van der Waals surface area contributed by atoms with Gasteiger partial charge in [-0.1, -0.05) is 17.7 Å². The first kappa shape index (κ1) is 24.5. The summed E-state index contributed by atoms with van der Waals surface area (Å²) in [5.74, 6) is -5.39. The molecule has 0 aromatic heterocycles. The Hall–Kier alpha value is -2.10. The largest absolute Gasteiger partial charge is 0.405 e. The summed E-state index contributed by atoms with van der Waals surface area (Å²) in [6.45, 7) is -0.370. The molecule has 0 unspecified atom stereocenters. The third kappa shape index (κ3) is 5.10. The summed E-state index contributed by atoms with van der Waals surface area (Å²) in [6.07, 6.45) is -4.68. The molecule has 32 heavy (non-hydrogen) atoms. The lowest BCUT2D eigenvalue weighted by Crippen LogP contribution is -2.34. The van der Waals surface area contributed by atoms with Gasteiger partial charge in [0.25, 0.3) is 5.91 Å². The number of carbonyl (C=O) groups excluding carboxylic acids is 2. The van der Waals surface area contributed by atoms with Crippen LogP contribution in [0.4, 0.5) is 27.6 Å². The second kappa shape index (κ2) is 8.68. The zero-order valence-corrected chi connectivity index (χ0v) is 18.4. The van der Waals surface area contributed by atoms with Crippen molar-refractivity contribution >= 4 is 52.3 Å². The Morgan fingerprint density at radius 3 is 2.38 bits per heavy atom. The molecule has 4 nitrogen and oxygen atoms in total. The summed E-state index contributed by atoms with van der Waals surface area (Å²) in [5, 5.41) is 3.83. The summed E-state index contributed by atoms with van der Waals surface area (Å²) < 4.78 is 63.2. The van der Waals surface area contributed by atoms with Gasteiger partial charge in [-0.3, -0.25) is 9.59 Å². The first-order chi connectivity index (χ1) is 14.7. The molecule has 1 aliphatic carbocycles. The molecule has 3 rings (SSSR count). The lowest BCUT2D eigenvalue weighted by atomic mass is 10.1. The molecule has 12 heteroatoms. The molecule has 1 saturated carbocycles. The van der Waals surface area contributed by atoms with Gasteiger partial charge in [0.05, 0.1) is 16.5 Å². The topological polar surface area (TPSA) is 58.2 Å². The Bertz CT molecular complexity index is 1090. The molecule has 2 atom stereocenters. The summed E-state index contributed by atoms with van der Waals surface area (Å²) in [5.41, 5.74) is -0.382. The average molecular weight is 516 g/mol. The number of aryl methyl sites for hydroxylation is 1. The Morgan fingerprint density at radius 1 is 1.12 bits per heavy atom. The van der Waals surface area contributed by atoms with Crippen LogP contribution in [0.1, 0.15) is 27.4 Å². The zero-order chi connectivity index (χ0) is 24.0. The van der Waals surface area contributed by atoms with Crippen LogP contribution in [0.5, 0.6) is 0 Å². The zero-order valence-electron chi connectivity index (χ0n) is 16.1. The second-order valence-corrected chi connectivity index (χ2v) is 9.10. The van der Waals surface area contributed by atoms with Crippen LogP contribution in [0, 0.1) is 24.5 Å². The van der Waals surface area contributed by atoms with Gasteiger partial charge in [-0.2, -0.15) is 13.2 Å². The van der Waals surface area contributed by atoms with E-state index in [2.05, 4.69) is 5.32 Å². The van der Waals surface area contributed by atoms with E-state index in [1.807, 2.05) is 0 Å². The molecule has 0 aliphatic heterocycles. The number of alkyl halides is 5.